The minimum Gasteiger partial charge on any atom is -0.396 e. The van der Waals surface area contributed by atoms with Crippen molar-refractivity contribution < 1.29 is 10.2 Å². The summed E-state index contributed by atoms with van der Waals surface area (Å²) in [4.78, 5) is 0. The summed E-state index contributed by atoms with van der Waals surface area (Å²) in [7, 11) is -1.47. The molecule has 0 aromatic heterocycles. The monoisotopic (exact) mass is 190 g/mol. The Hall–Kier alpha value is 0.137. The third kappa shape index (κ3) is 4.23. The van der Waals surface area contributed by atoms with E-state index in [1.807, 2.05) is 13.8 Å². The molecule has 0 saturated heterocycles. The third-order valence-corrected chi connectivity index (χ3v) is 4.47. The Morgan fingerprint density at radius 1 is 1.08 bits per heavy atom. The topological polar surface area (TPSA) is 40.5 Å². The lowest BCUT2D eigenvalue weighted by Gasteiger charge is -2.27. The summed E-state index contributed by atoms with van der Waals surface area (Å²) in [5.41, 5.74) is -0.283. The van der Waals surface area contributed by atoms with Gasteiger partial charge in [0, 0.05) is 5.73 Å². The molecule has 0 spiro atoms. The number of hydrogen-bond acceptors (Lipinski definition) is 2. The molecule has 0 bridgehead atoms. The molecule has 0 aliphatic heterocycles. The average molecular weight is 190 g/mol. The summed E-state index contributed by atoms with van der Waals surface area (Å²) < 4.78 is 0. The van der Waals surface area contributed by atoms with Crippen LogP contribution in [0.3, 0.4) is 0 Å². The van der Waals surface area contributed by atoms with Crippen molar-refractivity contribution in [1.82, 2.24) is 0 Å². The first-order valence-electron chi connectivity index (χ1n) is 4.61. The zero-order valence-electron chi connectivity index (χ0n) is 8.83. The molecule has 2 nitrogen and oxygen atoms in total. The van der Waals surface area contributed by atoms with Gasteiger partial charge in [-0.25, -0.2) is 0 Å². The van der Waals surface area contributed by atoms with Crippen molar-refractivity contribution >= 4 is 8.07 Å². The Kier molecular flexibility index (Phi) is 4.44. The molecular weight excluding hydrogens is 168 g/mol. The van der Waals surface area contributed by atoms with E-state index in [2.05, 4.69) is 19.6 Å². The van der Waals surface area contributed by atoms with Crippen LogP contribution >= 0.6 is 0 Å². The molecule has 0 aromatic rings. The maximum Gasteiger partial charge on any atom is 0.0782 e. The van der Waals surface area contributed by atoms with Gasteiger partial charge in [-0.05, 0) is 12.3 Å². The van der Waals surface area contributed by atoms with Gasteiger partial charge in [-0.3, -0.25) is 0 Å². The molecule has 0 amide bonds. The fourth-order valence-electron chi connectivity index (χ4n) is 0.854. The minimum atomic E-state index is -1.47. The summed E-state index contributed by atoms with van der Waals surface area (Å²) in [5, 5.41) is 19.2. The van der Waals surface area contributed by atoms with Crippen molar-refractivity contribution in [1.29, 1.82) is 0 Å². The van der Waals surface area contributed by atoms with Gasteiger partial charge in [0.15, 0.2) is 0 Å². The van der Waals surface area contributed by atoms with Crippen LogP contribution in [-0.2, 0) is 0 Å². The second-order valence-corrected chi connectivity index (χ2v) is 10.3. The molecule has 2 N–H and O–H groups in total. The predicted octanol–water partition coefficient (Wildman–Crippen LogP) is 1.63. The Morgan fingerprint density at radius 3 is 1.75 bits per heavy atom. The average Bonchev–Trinajstić information content (AvgIpc) is 1.85. The van der Waals surface area contributed by atoms with Gasteiger partial charge in [0.05, 0.1) is 14.2 Å². The lowest BCUT2D eigenvalue weighted by Crippen LogP contribution is -2.41. The van der Waals surface area contributed by atoms with E-state index in [1.165, 1.54) is 0 Å². The van der Waals surface area contributed by atoms with Crippen LogP contribution in [0.4, 0.5) is 0 Å². The summed E-state index contributed by atoms with van der Waals surface area (Å²) >= 11 is 0. The van der Waals surface area contributed by atoms with Crippen LogP contribution < -0.4 is 0 Å². The van der Waals surface area contributed by atoms with Crippen LogP contribution in [0.15, 0.2) is 0 Å². The fourth-order valence-corrected chi connectivity index (χ4v) is 1.80. The summed E-state index contributed by atoms with van der Waals surface area (Å²) in [6, 6.07) is 0. The van der Waals surface area contributed by atoms with Crippen LogP contribution in [0.25, 0.3) is 0 Å². The quantitative estimate of drug-likeness (QED) is 0.662. The molecule has 0 aromatic carbocycles. The fraction of sp³-hybridized carbons (Fsp3) is 1.00. The molecular formula is C9H22O2Si. The third-order valence-electron chi connectivity index (χ3n) is 2.23. The van der Waals surface area contributed by atoms with E-state index in [-0.39, 0.29) is 17.7 Å². The molecule has 2 atom stereocenters. The molecule has 0 fully saturated rings. The smallest absolute Gasteiger partial charge is 0.0782 e. The highest BCUT2D eigenvalue weighted by Crippen LogP contribution is 2.16. The van der Waals surface area contributed by atoms with E-state index < -0.39 is 8.07 Å². The van der Waals surface area contributed by atoms with Gasteiger partial charge in [-0.2, -0.15) is 0 Å². The van der Waals surface area contributed by atoms with E-state index >= 15 is 0 Å². The van der Waals surface area contributed by atoms with Crippen molar-refractivity contribution in [3.8, 4) is 0 Å². The van der Waals surface area contributed by atoms with Crippen LogP contribution in [-0.4, -0.2) is 30.1 Å². The Bertz CT molecular complexity index is 129. The predicted molar refractivity (Wildman–Crippen MR) is 54.8 cm³/mol. The maximum absolute atomic E-state index is 9.71. The van der Waals surface area contributed by atoms with Gasteiger partial charge < -0.3 is 10.2 Å². The number of rotatable bonds is 4. The first kappa shape index (κ1) is 12.1. The van der Waals surface area contributed by atoms with Crippen molar-refractivity contribution in [3.05, 3.63) is 0 Å². The first-order chi connectivity index (χ1) is 5.25. The van der Waals surface area contributed by atoms with E-state index in [0.717, 1.165) is 0 Å². The Balaban J connectivity index is 3.93. The zero-order valence-corrected chi connectivity index (χ0v) is 9.83. The van der Waals surface area contributed by atoms with Crippen LogP contribution in [0.2, 0.25) is 19.6 Å². The normalized spacial score (nSPS) is 18.0. The minimum absolute atomic E-state index is 0.246. The molecule has 0 heterocycles. The Labute approximate surface area is 76.6 Å². The molecule has 0 radical (unpaired) electrons. The number of aliphatic hydroxyl groups excluding tert-OH is 2. The molecule has 12 heavy (non-hydrogen) atoms. The molecule has 74 valence electrons. The van der Waals surface area contributed by atoms with E-state index in [0.29, 0.717) is 6.42 Å². The van der Waals surface area contributed by atoms with Gasteiger partial charge in [0.25, 0.3) is 0 Å². The lowest BCUT2D eigenvalue weighted by atomic mass is 10.1. The van der Waals surface area contributed by atoms with E-state index in [4.69, 9.17) is 0 Å². The highest BCUT2D eigenvalue weighted by molar-refractivity contribution is 6.77. The van der Waals surface area contributed by atoms with Gasteiger partial charge in [0.2, 0.25) is 0 Å². The molecule has 0 aliphatic carbocycles. The zero-order chi connectivity index (χ0) is 9.94. The van der Waals surface area contributed by atoms with Gasteiger partial charge >= 0.3 is 0 Å². The molecule has 3 heteroatoms. The highest BCUT2D eigenvalue weighted by Gasteiger charge is 2.27. The highest BCUT2D eigenvalue weighted by atomic mass is 28.3. The molecule has 0 saturated carbocycles. The van der Waals surface area contributed by atoms with Crippen molar-refractivity contribution in [2.24, 2.45) is 5.92 Å². The molecule has 2 unspecified atom stereocenters. The van der Waals surface area contributed by atoms with Crippen molar-refractivity contribution in [2.45, 2.75) is 51.7 Å². The lowest BCUT2D eigenvalue weighted by molar-refractivity contribution is 0.0781. The number of aliphatic hydroxyl groups is 2. The van der Waals surface area contributed by atoms with Crippen LogP contribution in [0, 0.1) is 5.92 Å². The molecule has 0 rings (SSSR count). The van der Waals surface area contributed by atoms with Crippen molar-refractivity contribution in [2.75, 3.05) is 0 Å². The summed E-state index contributed by atoms with van der Waals surface area (Å²) in [6.07, 6.45) is 0.180. The standard InChI is InChI=1S/C9H22O2Si/c1-7(2)8(10)6-9(11)12(3,4)5/h7-11H,6H2,1-5H3. The van der Waals surface area contributed by atoms with Gasteiger partial charge in [0.1, 0.15) is 0 Å². The van der Waals surface area contributed by atoms with Crippen molar-refractivity contribution in [3.63, 3.8) is 0 Å². The second-order valence-electron chi connectivity index (χ2n) is 4.93. The van der Waals surface area contributed by atoms with Gasteiger partial charge in [-0.15, -0.1) is 0 Å². The SMILES string of the molecule is CC(C)C(O)CC(O)[Si](C)(C)C. The van der Waals surface area contributed by atoms with E-state index in [1.54, 1.807) is 0 Å². The number of hydrogen-bond donors (Lipinski definition) is 2. The Morgan fingerprint density at radius 2 is 1.50 bits per heavy atom. The first-order valence-corrected chi connectivity index (χ1v) is 8.19. The summed E-state index contributed by atoms with van der Waals surface area (Å²) in [5.74, 6) is 0.246. The van der Waals surface area contributed by atoms with Crippen LogP contribution in [0.1, 0.15) is 20.3 Å². The van der Waals surface area contributed by atoms with E-state index in [9.17, 15) is 10.2 Å². The second kappa shape index (κ2) is 4.39. The van der Waals surface area contributed by atoms with Crippen LogP contribution in [0.5, 0.6) is 0 Å². The maximum atomic E-state index is 9.71. The summed E-state index contributed by atoms with van der Waals surface area (Å²) in [6.45, 7) is 10.3. The molecule has 0 aliphatic rings. The van der Waals surface area contributed by atoms with Gasteiger partial charge in [-0.1, -0.05) is 33.5 Å². The largest absolute Gasteiger partial charge is 0.396 e.